The van der Waals surface area contributed by atoms with Crippen LogP contribution in [-0.2, 0) is 9.53 Å². The number of rotatable bonds is 3. The van der Waals surface area contributed by atoms with Crippen molar-refractivity contribution in [2.24, 2.45) is 11.7 Å². The van der Waals surface area contributed by atoms with Crippen LogP contribution < -0.4 is 5.73 Å². The Kier molecular flexibility index (Phi) is 3.53. The lowest BCUT2D eigenvalue weighted by Crippen LogP contribution is -2.27. The van der Waals surface area contributed by atoms with Gasteiger partial charge in [-0.1, -0.05) is 19.8 Å². The Labute approximate surface area is 73.3 Å². The molecule has 0 radical (unpaired) electrons. The van der Waals surface area contributed by atoms with Crippen LogP contribution in [0.4, 0.5) is 0 Å². The first kappa shape index (κ1) is 9.52. The Balaban J connectivity index is 2.18. The second-order valence-corrected chi connectivity index (χ2v) is 3.67. The highest BCUT2D eigenvalue weighted by Gasteiger charge is 2.19. The van der Waals surface area contributed by atoms with Gasteiger partial charge in [0, 0.05) is 0 Å². The molecule has 1 saturated carbocycles. The van der Waals surface area contributed by atoms with Gasteiger partial charge >= 0.3 is 0 Å². The van der Waals surface area contributed by atoms with E-state index in [2.05, 4.69) is 6.92 Å². The average Bonchev–Trinajstić information content (AvgIpc) is 2.01. The molecule has 2 atom stereocenters. The van der Waals surface area contributed by atoms with Crippen molar-refractivity contribution in [1.82, 2.24) is 0 Å². The molecule has 0 saturated heterocycles. The van der Waals surface area contributed by atoms with Crippen LogP contribution in [0.25, 0.3) is 0 Å². The number of carbonyl (C=O) groups is 1. The van der Waals surface area contributed by atoms with Crippen LogP contribution in [0.3, 0.4) is 0 Å². The predicted molar refractivity (Wildman–Crippen MR) is 46.6 cm³/mol. The van der Waals surface area contributed by atoms with Gasteiger partial charge < -0.3 is 10.5 Å². The van der Waals surface area contributed by atoms with Crippen LogP contribution in [0.15, 0.2) is 0 Å². The highest BCUT2D eigenvalue weighted by atomic mass is 16.5. The predicted octanol–water partition coefficient (Wildman–Crippen LogP) is 1.07. The molecule has 0 spiro atoms. The Morgan fingerprint density at radius 1 is 1.58 bits per heavy atom. The van der Waals surface area contributed by atoms with Gasteiger partial charge in [-0.15, -0.1) is 0 Å². The van der Waals surface area contributed by atoms with E-state index >= 15 is 0 Å². The number of primary amides is 1. The van der Waals surface area contributed by atoms with Crippen molar-refractivity contribution in [3.05, 3.63) is 0 Å². The van der Waals surface area contributed by atoms with Gasteiger partial charge in [0.2, 0.25) is 5.91 Å². The molecule has 0 bridgehead atoms. The number of carbonyl (C=O) groups excluding carboxylic acids is 1. The normalized spacial score (nSPS) is 30.1. The van der Waals surface area contributed by atoms with Crippen molar-refractivity contribution in [3.63, 3.8) is 0 Å². The zero-order chi connectivity index (χ0) is 8.97. The van der Waals surface area contributed by atoms with Crippen LogP contribution >= 0.6 is 0 Å². The summed E-state index contributed by atoms with van der Waals surface area (Å²) in [7, 11) is 0. The molecule has 0 aromatic rings. The third-order valence-electron chi connectivity index (χ3n) is 2.35. The molecule has 12 heavy (non-hydrogen) atoms. The molecule has 3 heteroatoms. The molecule has 1 fully saturated rings. The van der Waals surface area contributed by atoms with Gasteiger partial charge in [-0.3, -0.25) is 4.79 Å². The molecule has 1 rings (SSSR count). The van der Waals surface area contributed by atoms with Crippen molar-refractivity contribution < 1.29 is 9.53 Å². The second kappa shape index (κ2) is 4.45. The molecule has 70 valence electrons. The third kappa shape index (κ3) is 3.22. The Bertz CT molecular complexity index is 159. The maximum atomic E-state index is 10.4. The van der Waals surface area contributed by atoms with Crippen LogP contribution in [-0.4, -0.2) is 18.6 Å². The van der Waals surface area contributed by atoms with Gasteiger partial charge in [-0.05, 0) is 18.8 Å². The first-order chi connectivity index (χ1) is 5.68. The van der Waals surface area contributed by atoms with Crippen LogP contribution in [0.5, 0.6) is 0 Å². The fraction of sp³-hybridized carbons (Fsp3) is 0.889. The van der Waals surface area contributed by atoms with E-state index in [1.54, 1.807) is 0 Å². The molecule has 0 heterocycles. The summed E-state index contributed by atoms with van der Waals surface area (Å²) in [5, 5.41) is 0. The summed E-state index contributed by atoms with van der Waals surface area (Å²) in [4.78, 5) is 10.4. The van der Waals surface area contributed by atoms with Crippen molar-refractivity contribution in [2.45, 2.75) is 38.7 Å². The molecule has 3 nitrogen and oxygen atoms in total. The molecule has 0 aromatic heterocycles. The van der Waals surface area contributed by atoms with E-state index in [4.69, 9.17) is 10.5 Å². The van der Waals surface area contributed by atoms with Crippen molar-refractivity contribution in [2.75, 3.05) is 6.61 Å². The fourth-order valence-electron chi connectivity index (χ4n) is 1.73. The SMILES string of the molecule is C[C@@H]1CCC[C@H](OCC(N)=O)C1. The van der Waals surface area contributed by atoms with Gasteiger partial charge in [0.25, 0.3) is 0 Å². The molecule has 1 amide bonds. The van der Waals surface area contributed by atoms with Gasteiger partial charge in [0.05, 0.1) is 6.10 Å². The molecular weight excluding hydrogens is 154 g/mol. The number of ether oxygens (including phenoxy) is 1. The van der Waals surface area contributed by atoms with E-state index < -0.39 is 0 Å². The van der Waals surface area contributed by atoms with E-state index in [1.165, 1.54) is 12.8 Å². The monoisotopic (exact) mass is 171 g/mol. The summed E-state index contributed by atoms with van der Waals surface area (Å²) >= 11 is 0. The molecule has 0 aromatic carbocycles. The van der Waals surface area contributed by atoms with E-state index in [-0.39, 0.29) is 18.6 Å². The summed E-state index contributed by atoms with van der Waals surface area (Å²) in [6.45, 7) is 2.30. The lowest BCUT2D eigenvalue weighted by molar-refractivity contribution is -0.125. The second-order valence-electron chi connectivity index (χ2n) is 3.67. The minimum absolute atomic E-state index is 0.0807. The molecular formula is C9H17NO2. The van der Waals surface area contributed by atoms with Crippen LogP contribution in [0.2, 0.25) is 0 Å². The highest BCUT2D eigenvalue weighted by molar-refractivity contribution is 5.74. The van der Waals surface area contributed by atoms with E-state index in [1.807, 2.05) is 0 Å². The zero-order valence-corrected chi connectivity index (χ0v) is 7.58. The first-order valence-electron chi connectivity index (χ1n) is 4.58. The topological polar surface area (TPSA) is 52.3 Å². The fourth-order valence-corrected chi connectivity index (χ4v) is 1.73. The van der Waals surface area contributed by atoms with Gasteiger partial charge in [0.1, 0.15) is 6.61 Å². The number of hydrogen-bond donors (Lipinski definition) is 1. The summed E-state index contributed by atoms with van der Waals surface area (Å²) in [6.07, 6.45) is 4.92. The summed E-state index contributed by atoms with van der Waals surface area (Å²) in [5.74, 6) is 0.366. The molecule has 0 aliphatic heterocycles. The quantitative estimate of drug-likeness (QED) is 0.690. The van der Waals surface area contributed by atoms with Crippen molar-refractivity contribution in [1.29, 1.82) is 0 Å². The maximum Gasteiger partial charge on any atom is 0.243 e. The number of hydrogen-bond acceptors (Lipinski definition) is 2. The Hall–Kier alpha value is -0.570. The van der Waals surface area contributed by atoms with Crippen molar-refractivity contribution in [3.8, 4) is 0 Å². The highest BCUT2D eigenvalue weighted by Crippen LogP contribution is 2.25. The Morgan fingerprint density at radius 3 is 2.92 bits per heavy atom. The third-order valence-corrected chi connectivity index (χ3v) is 2.35. The lowest BCUT2D eigenvalue weighted by Gasteiger charge is -2.26. The smallest absolute Gasteiger partial charge is 0.243 e. The van der Waals surface area contributed by atoms with Gasteiger partial charge in [0.15, 0.2) is 0 Å². The minimum atomic E-state index is -0.367. The van der Waals surface area contributed by atoms with E-state index in [0.717, 1.165) is 18.8 Å². The molecule has 1 aliphatic carbocycles. The van der Waals surface area contributed by atoms with E-state index in [0.29, 0.717) is 0 Å². The molecule has 0 unspecified atom stereocenters. The number of nitrogens with two attached hydrogens (primary N) is 1. The largest absolute Gasteiger partial charge is 0.368 e. The lowest BCUT2D eigenvalue weighted by atomic mass is 9.89. The zero-order valence-electron chi connectivity index (χ0n) is 7.58. The summed E-state index contributed by atoms with van der Waals surface area (Å²) in [5.41, 5.74) is 4.98. The van der Waals surface area contributed by atoms with Crippen LogP contribution in [0, 0.1) is 5.92 Å². The van der Waals surface area contributed by atoms with Gasteiger partial charge in [-0.25, -0.2) is 0 Å². The molecule has 2 N–H and O–H groups in total. The van der Waals surface area contributed by atoms with Crippen molar-refractivity contribution >= 4 is 5.91 Å². The summed E-state index contributed by atoms with van der Waals surface area (Å²) < 4.78 is 5.34. The van der Waals surface area contributed by atoms with Gasteiger partial charge in [-0.2, -0.15) is 0 Å². The standard InChI is InChI=1S/C9H17NO2/c1-7-3-2-4-8(5-7)12-6-9(10)11/h7-8H,2-6H2,1H3,(H2,10,11)/t7-,8+/m1/s1. The number of amides is 1. The van der Waals surface area contributed by atoms with Crippen LogP contribution in [0.1, 0.15) is 32.6 Å². The minimum Gasteiger partial charge on any atom is -0.368 e. The summed E-state index contributed by atoms with van der Waals surface area (Å²) in [6, 6.07) is 0. The maximum absolute atomic E-state index is 10.4. The molecule has 1 aliphatic rings. The first-order valence-corrected chi connectivity index (χ1v) is 4.58. The van der Waals surface area contributed by atoms with E-state index in [9.17, 15) is 4.79 Å². The average molecular weight is 171 g/mol. The Morgan fingerprint density at radius 2 is 2.33 bits per heavy atom.